The zero-order valence-corrected chi connectivity index (χ0v) is 6.29. The highest BCUT2D eigenvalue weighted by molar-refractivity contribution is 6.35. The molecule has 0 heterocycles. The Hall–Kier alpha value is -0.985. The van der Waals surface area contributed by atoms with Gasteiger partial charge in [-0.05, 0) is 17.7 Å². The molecule has 1 nitrogen and oxygen atoms in total. The van der Waals surface area contributed by atoms with Crippen LogP contribution < -0.4 is 0 Å². The van der Waals surface area contributed by atoms with Crippen molar-refractivity contribution in [3.8, 4) is 5.75 Å². The van der Waals surface area contributed by atoms with Gasteiger partial charge in [-0.1, -0.05) is 19.0 Å². The molecule has 0 fully saturated rings. The van der Waals surface area contributed by atoms with Crippen LogP contribution in [0.3, 0.4) is 0 Å². The maximum absolute atomic E-state index is 12.9. The maximum Gasteiger partial charge on any atom is 0.159 e. The number of phenolic OH excluding ortho intramolecular Hbond substituents is 1. The second-order valence-corrected chi connectivity index (χ2v) is 2.33. The second kappa shape index (κ2) is 3.42. The van der Waals surface area contributed by atoms with Crippen molar-refractivity contribution in [2.75, 3.05) is 0 Å². The largest absolute Gasteiger partial charge is 0.508 e. The number of hydrogen-bond acceptors (Lipinski definition) is 1. The third kappa shape index (κ3) is 1.97. The second-order valence-electron chi connectivity index (χ2n) is 2.33. The van der Waals surface area contributed by atoms with E-state index in [4.69, 9.17) is 5.11 Å². The summed E-state index contributed by atoms with van der Waals surface area (Å²) >= 11 is 0. The fraction of sp³-hybridized carbons (Fsp3) is 0.250. The smallest absolute Gasteiger partial charge is 0.159 e. The molecule has 1 radical (unpaired) electrons. The Balaban J connectivity index is 2.81. The summed E-state index contributed by atoms with van der Waals surface area (Å²) in [5.41, 5.74) is 0.574. The van der Waals surface area contributed by atoms with Gasteiger partial charge in [0, 0.05) is 0 Å². The van der Waals surface area contributed by atoms with Crippen LogP contribution in [0.2, 0.25) is 6.82 Å². The summed E-state index contributed by atoms with van der Waals surface area (Å²) in [5, 5.41) is 8.88. The molecule has 1 atom stereocenters. The molecule has 1 aromatic rings. The lowest BCUT2D eigenvalue weighted by molar-refractivity contribution is 0.451. The van der Waals surface area contributed by atoms with Crippen LogP contribution in [-0.4, -0.2) is 12.4 Å². The van der Waals surface area contributed by atoms with E-state index in [1.807, 2.05) is 0 Å². The first-order valence-electron chi connectivity index (χ1n) is 3.46. The van der Waals surface area contributed by atoms with Crippen molar-refractivity contribution in [3.05, 3.63) is 29.8 Å². The number of rotatable bonds is 2. The van der Waals surface area contributed by atoms with Crippen molar-refractivity contribution < 1.29 is 9.50 Å². The van der Waals surface area contributed by atoms with Crippen LogP contribution in [0.1, 0.15) is 11.6 Å². The summed E-state index contributed by atoms with van der Waals surface area (Å²) in [6.45, 7) is 1.66. The minimum atomic E-state index is -1.03. The Morgan fingerprint density at radius 1 is 1.36 bits per heavy atom. The first-order valence-corrected chi connectivity index (χ1v) is 3.46. The van der Waals surface area contributed by atoms with E-state index < -0.39 is 6.07 Å². The molecule has 0 aliphatic rings. The van der Waals surface area contributed by atoms with E-state index in [1.165, 1.54) is 19.4 Å². The van der Waals surface area contributed by atoms with Gasteiger partial charge in [0.15, 0.2) is 7.28 Å². The molecule has 11 heavy (non-hydrogen) atoms. The van der Waals surface area contributed by atoms with Gasteiger partial charge in [-0.3, -0.25) is 4.39 Å². The van der Waals surface area contributed by atoms with Crippen LogP contribution >= 0.6 is 0 Å². The topological polar surface area (TPSA) is 20.2 Å². The van der Waals surface area contributed by atoms with E-state index >= 15 is 0 Å². The Morgan fingerprint density at radius 3 is 2.36 bits per heavy atom. The van der Waals surface area contributed by atoms with Crippen molar-refractivity contribution in [1.82, 2.24) is 0 Å². The predicted molar refractivity (Wildman–Crippen MR) is 43.6 cm³/mol. The summed E-state index contributed by atoms with van der Waals surface area (Å²) in [6.07, 6.45) is -1.03. The van der Waals surface area contributed by atoms with E-state index in [0.29, 0.717) is 5.56 Å². The Bertz CT molecular complexity index is 222. The van der Waals surface area contributed by atoms with Crippen LogP contribution in [-0.2, 0) is 0 Å². The van der Waals surface area contributed by atoms with Crippen LogP contribution in [0.4, 0.5) is 4.39 Å². The van der Waals surface area contributed by atoms with Gasteiger partial charge in [0.1, 0.15) is 5.75 Å². The molecular weight excluding hydrogens is 142 g/mol. The third-order valence-electron chi connectivity index (χ3n) is 1.50. The van der Waals surface area contributed by atoms with Gasteiger partial charge in [0.2, 0.25) is 0 Å². The lowest BCUT2D eigenvalue weighted by Crippen LogP contribution is -1.96. The highest BCUT2D eigenvalue weighted by Crippen LogP contribution is 2.18. The summed E-state index contributed by atoms with van der Waals surface area (Å²) in [6, 6.07) is 6.09. The number of halogens is 1. The van der Waals surface area contributed by atoms with Gasteiger partial charge in [0.05, 0.1) is 6.07 Å². The minimum absolute atomic E-state index is 0.164. The number of benzene rings is 1. The predicted octanol–water partition coefficient (Wildman–Crippen LogP) is 2.11. The van der Waals surface area contributed by atoms with Gasteiger partial charge < -0.3 is 5.11 Å². The molecule has 1 aromatic carbocycles. The summed E-state index contributed by atoms with van der Waals surface area (Å²) in [5.74, 6) is 0.164. The molecule has 0 spiro atoms. The molecule has 0 aliphatic carbocycles. The summed E-state index contributed by atoms with van der Waals surface area (Å²) in [7, 11) is 1.46. The first kappa shape index (κ1) is 8.11. The average Bonchev–Trinajstić information content (AvgIpc) is 2.05. The van der Waals surface area contributed by atoms with E-state index in [-0.39, 0.29) is 5.75 Å². The highest BCUT2D eigenvalue weighted by Gasteiger charge is 2.06. The van der Waals surface area contributed by atoms with Gasteiger partial charge in [-0.25, -0.2) is 0 Å². The molecule has 0 amide bonds. The van der Waals surface area contributed by atoms with Crippen LogP contribution in [0.25, 0.3) is 0 Å². The van der Waals surface area contributed by atoms with E-state index in [2.05, 4.69) is 0 Å². The average molecular weight is 151 g/mol. The van der Waals surface area contributed by atoms with Crippen molar-refractivity contribution in [3.63, 3.8) is 0 Å². The molecule has 57 valence electrons. The Morgan fingerprint density at radius 2 is 1.91 bits per heavy atom. The molecule has 1 unspecified atom stereocenters. The van der Waals surface area contributed by atoms with Crippen molar-refractivity contribution in [2.24, 2.45) is 0 Å². The number of phenols is 1. The number of aromatic hydroxyl groups is 1. The fourth-order valence-corrected chi connectivity index (χ4v) is 0.851. The first-order chi connectivity index (χ1) is 5.24. The molecule has 0 aliphatic heterocycles. The number of alkyl halides is 1. The van der Waals surface area contributed by atoms with Gasteiger partial charge in [-0.2, -0.15) is 0 Å². The fourth-order valence-electron chi connectivity index (χ4n) is 0.851. The van der Waals surface area contributed by atoms with E-state index in [1.54, 1.807) is 19.0 Å². The van der Waals surface area contributed by atoms with Crippen LogP contribution in [0.5, 0.6) is 5.75 Å². The van der Waals surface area contributed by atoms with Crippen LogP contribution in [0.15, 0.2) is 24.3 Å². The van der Waals surface area contributed by atoms with Crippen molar-refractivity contribution >= 4 is 7.28 Å². The van der Waals surface area contributed by atoms with E-state index in [9.17, 15) is 4.39 Å². The normalized spacial score (nSPS) is 12.5. The summed E-state index contributed by atoms with van der Waals surface area (Å²) < 4.78 is 12.9. The molecule has 0 saturated carbocycles. The lowest BCUT2D eigenvalue weighted by Gasteiger charge is -2.03. The molecule has 3 heteroatoms. The van der Waals surface area contributed by atoms with Crippen LogP contribution in [0, 0.1) is 0 Å². The zero-order chi connectivity index (χ0) is 8.27. The van der Waals surface area contributed by atoms with Gasteiger partial charge in [-0.15, -0.1) is 0 Å². The Kier molecular flexibility index (Phi) is 2.52. The zero-order valence-electron chi connectivity index (χ0n) is 6.29. The summed E-state index contributed by atoms with van der Waals surface area (Å²) in [4.78, 5) is 0. The van der Waals surface area contributed by atoms with Gasteiger partial charge in [0.25, 0.3) is 0 Å². The van der Waals surface area contributed by atoms with Gasteiger partial charge >= 0.3 is 0 Å². The SMILES string of the molecule is C[B]C(F)c1ccc(O)cc1. The molecule has 0 saturated heterocycles. The number of hydrogen-bond donors (Lipinski definition) is 1. The molecule has 0 aromatic heterocycles. The molecule has 0 bridgehead atoms. The van der Waals surface area contributed by atoms with Crippen molar-refractivity contribution in [2.45, 2.75) is 12.9 Å². The minimum Gasteiger partial charge on any atom is -0.508 e. The molecule has 1 N–H and O–H groups in total. The quantitative estimate of drug-likeness (QED) is 0.641. The van der Waals surface area contributed by atoms with Crippen molar-refractivity contribution in [1.29, 1.82) is 0 Å². The molecular formula is C8H9BFO. The maximum atomic E-state index is 12.9. The monoisotopic (exact) mass is 151 g/mol. The third-order valence-corrected chi connectivity index (χ3v) is 1.50. The standard InChI is InChI=1S/C8H9BFO/c1-9-8(10)6-2-4-7(11)5-3-6/h2-5,8,11H,1H3. The Labute approximate surface area is 66.1 Å². The lowest BCUT2D eigenvalue weighted by atomic mass is 9.73. The molecule has 1 rings (SSSR count). The highest BCUT2D eigenvalue weighted by atomic mass is 19.1. The van der Waals surface area contributed by atoms with E-state index in [0.717, 1.165) is 0 Å².